The summed E-state index contributed by atoms with van der Waals surface area (Å²) in [5.41, 5.74) is 2.07. The number of ether oxygens (including phenoxy) is 1. The summed E-state index contributed by atoms with van der Waals surface area (Å²) in [5, 5.41) is 6.19. The lowest BCUT2D eigenvalue weighted by Gasteiger charge is -2.28. The average molecular weight is 558 g/mol. The molecule has 0 spiro atoms. The van der Waals surface area contributed by atoms with E-state index in [0.29, 0.717) is 11.2 Å². The monoisotopic (exact) mass is 557 g/mol. The van der Waals surface area contributed by atoms with Gasteiger partial charge in [-0.3, -0.25) is 5.32 Å². The molecule has 0 saturated carbocycles. The zero-order valence-electron chi connectivity index (χ0n) is 19.3. The molecule has 4 rings (SSSR count). The van der Waals surface area contributed by atoms with Gasteiger partial charge in [0.05, 0.1) is 5.54 Å². The molecule has 37 heavy (non-hydrogen) atoms. The van der Waals surface area contributed by atoms with E-state index >= 15 is 0 Å². The summed E-state index contributed by atoms with van der Waals surface area (Å²) in [4.78, 5) is 12.9. The van der Waals surface area contributed by atoms with Crippen LogP contribution in [-0.2, 0) is 0 Å². The van der Waals surface area contributed by atoms with Crippen LogP contribution >= 0.6 is 18.9 Å². The minimum absolute atomic E-state index is 0.460. The Morgan fingerprint density at radius 3 is 1.32 bits per heavy atom. The molecule has 0 fully saturated rings. The molecule has 0 aliphatic carbocycles. The highest BCUT2D eigenvalue weighted by molar-refractivity contribution is 7.99. The van der Waals surface area contributed by atoms with Crippen LogP contribution < -0.4 is 44.6 Å². The summed E-state index contributed by atoms with van der Waals surface area (Å²) in [6.45, 7) is 0. The van der Waals surface area contributed by atoms with Gasteiger partial charge in [-0.25, -0.2) is 23.4 Å². The van der Waals surface area contributed by atoms with Gasteiger partial charge in [0.2, 0.25) is 0 Å². The van der Waals surface area contributed by atoms with Crippen molar-refractivity contribution in [2.24, 2.45) is 0 Å². The molecule has 0 heterocycles. The molecule has 0 bridgehead atoms. The molecule has 4 aromatic carbocycles. The van der Waals surface area contributed by atoms with Crippen LogP contribution in [0.15, 0.2) is 132 Å². The second-order valence-corrected chi connectivity index (χ2v) is 11.7. The number of hydrogen-bond acceptors (Lipinski definition) is 6. The van der Waals surface area contributed by atoms with E-state index < -0.39 is 23.6 Å². The molecule has 190 valence electrons. The summed E-state index contributed by atoms with van der Waals surface area (Å²) in [6.07, 6.45) is -0.588. The lowest BCUT2D eigenvalue weighted by atomic mass is 10.3. The van der Waals surface area contributed by atoms with E-state index in [0.717, 1.165) is 15.9 Å². The third kappa shape index (κ3) is 7.86. The molecule has 10 heteroatoms. The van der Waals surface area contributed by atoms with Gasteiger partial charge in [0.1, 0.15) is 21.7 Å². The molecule has 0 atom stereocenters. The third-order valence-corrected chi connectivity index (χ3v) is 9.63. The van der Waals surface area contributed by atoms with Crippen LogP contribution in [0.1, 0.15) is 0 Å². The maximum absolute atomic E-state index is 12.9. The van der Waals surface area contributed by atoms with E-state index in [1.54, 1.807) is 12.1 Å². The van der Waals surface area contributed by atoms with Crippen molar-refractivity contribution in [2.75, 3.05) is 0 Å². The second kappa shape index (κ2) is 13.3. The van der Waals surface area contributed by atoms with Crippen molar-refractivity contribution in [2.45, 2.75) is 0 Å². The number of carbonyl (C=O) groups excluding carboxylic acids is 1. The number of carbonyl (C=O) groups is 1. The van der Waals surface area contributed by atoms with Crippen LogP contribution in [-0.4, -0.2) is 6.09 Å². The highest BCUT2D eigenvalue weighted by Gasteiger charge is 2.50. The molecule has 0 saturated heterocycles. The topological polar surface area (TPSA) is 131 Å². The van der Waals surface area contributed by atoms with Crippen molar-refractivity contribution in [3.8, 4) is 5.75 Å². The number of halogens is 2. The third-order valence-electron chi connectivity index (χ3n) is 5.08. The predicted octanol–water partition coefficient (Wildman–Crippen LogP) is 1.05. The molecule has 7 nitrogen and oxygen atoms in total. The summed E-state index contributed by atoms with van der Waals surface area (Å²) in [6, 6.07) is 39.4. The van der Waals surface area contributed by atoms with E-state index in [1.165, 1.54) is 5.54 Å². The normalized spacial score (nSPS) is 11.6. The van der Waals surface area contributed by atoms with Gasteiger partial charge in [-0.1, -0.05) is 84.4 Å². The van der Waals surface area contributed by atoms with Gasteiger partial charge >= 0.3 is 6.09 Å². The molecule has 0 aromatic heterocycles. The van der Waals surface area contributed by atoms with E-state index in [9.17, 15) is 4.79 Å². The van der Waals surface area contributed by atoms with Crippen LogP contribution in [0.2, 0.25) is 0 Å². The molecule has 1 N–H and O–H groups in total. The Labute approximate surface area is 222 Å². The second-order valence-electron chi connectivity index (χ2n) is 7.38. The molecule has 0 aliphatic heterocycles. The molecular formula is C27H22Cl2NO6P. The van der Waals surface area contributed by atoms with Gasteiger partial charge in [-0.05, 0) is 48.5 Å². The molecule has 0 radical (unpaired) electrons. The SMILES string of the molecule is O=C(NC(=CCl)[P+](c1ccccc1)(c1ccccc1)c1ccccc1)Oc1ccccc1.[O-][Cl+3]([O-])([O-])[O-]. The molecule has 0 aliphatic rings. The van der Waals surface area contributed by atoms with Gasteiger partial charge in [0.15, 0.2) is 12.7 Å². The first-order valence-electron chi connectivity index (χ1n) is 10.8. The van der Waals surface area contributed by atoms with E-state index in [1.807, 2.05) is 72.8 Å². The Hall–Kier alpha value is -3.26. The quantitative estimate of drug-likeness (QED) is 0.352. The largest absolute Gasteiger partial charge is 0.419 e. The van der Waals surface area contributed by atoms with Gasteiger partial charge in [0, 0.05) is 0 Å². The fraction of sp³-hybridized carbons (Fsp3) is 0. The minimum atomic E-state index is -4.94. The minimum Gasteiger partial charge on any atom is -0.410 e. The van der Waals surface area contributed by atoms with Crippen molar-refractivity contribution in [1.29, 1.82) is 0 Å². The highest BCUT2D eigenvalue weighted by Crippen LogP contribution is 2.61. The van der Waals surface area contributed by atoms with Gasteiger partial charge in [-0.15, -0.1) is 10.2 Å². The average Bonchev–Trinajstić information content (AvgIpc) is 2.90. The zero-order valence-corrected chi connectivity index (χ0v) is 21.7. The lowest BCUT2D eigenvalue weighted by Crippen LogP contribution is -2.68. The van der Waals surface area contributed by atoms with Crippen LogP contribution in [0, 0.1) is 10.2 Å². The smallest absolute Gasteiger partial charge is 0.410 e. The Morgan fingerprint density at radius 1 is 0.676 bits per heavy atom. The van der Waals surface area contributed by atoms with E-state index in [2.05, 4.69) is 41.7 Å². The number of nitrogens with one attached hydrogen (secondary N) is 1. The predicted molar refractivity (Wildman–Crippen MR) is 135 cm³/mol. The van der Waals surface area contributed by atoms with Crippen LogP contribution in [0.3, 0.4) is 0 Å². The van der Waals surface area contributed by atoms with E-state index in [4.69, 9.17) is 35.0 Å². The number of rotatable bonds is 6. The molecule has 1 amide bonds. The van der Waals surface area contributed by atoms with Crippen molar-refractivity contribution in [1.82, 2.24) is 5.32 Å². The van der Waals surface area contributed by atoms with Crippen LogP contribution in [0.25, 0.3) is 0 Å². The summed E-state index contributed by atoms with van der Waals surface area (Å²) < 4.78 is 39.5. The standard InChI is InChI=1S/C27H21ClNO2P.ClHO4/c28-21-26(29-27(30)31-22-13-5-1-6-14-22)32(23-15-7-2-8-16-23,24-17-9-3-10-18-24)25-19-11-4-12-20-25;2-1(3,4)5/h1-21H;(H,2,3,4,5). The molecule has 4 aromatic rings. The van der Waals surface area contributed by atoms with Crippen LogP contribution in [0.4, 0.5) is 4.79 Å². The summed E-state index contributed by atoms with van der Waals surface area (Å²) in [5.74, 6) is 0.460. The van der Waals surface area contributed by atoms with Crippen molar-refractivity contribution >= 4 is 40.9 Å². The number of hydrogen-bond donors (Lipinski definition) is 1. The molecular weight excluding hydrogens is 536 g/mol. The maximum atomic E-state index is 12.9. The Kier molecular flexibility index (Phi) is 10.2. The first-order chi connectivity index (χ1) is 17.7. The fourth-order valence-corrected chi connectivity index (χ4v) is 8.22. The van der Waals surface area contributed by atoms with Gasteiger partial charge in [0.25, 0.3) is 0 Å². The Morgan fingerprint density at radius 2 is 1.00 bits per heavy atom. The molecule has 0 unspecified atom stereocenters. The Bertz CT molecular complexity index is 1190. The number of para-hydroxylation sites is 1. The first-order valence-corrected chi connectivity index (χ1v) is 14.2. The van der Waals surface area contributed by atoms with Gasteiger partial charge < -0.3 is 4.74 Å². The number of benzene rings is 4. The maximum Gasteiger partial charge on any atom is 0.419 e. The van der Waals surface area contributed by atoms with Crippen molar-refractivity contribution in [3.63, 3.8) is 0 Å². The van der Waals surface area contributed by atoms with Crippen LogP contribution in [0.5, 0.6) is 5.75 Å². The summed E-state index contributed by atoms with van der Waals surface area (Å²) >= 11 is 6.44. The van der Waals surface area contributed by atoms with Gasteiger partial charge in [-0.2, -0.15) is 0 Å². The van der Waals surface area contributed by atoms with E-state index in [-0.39, 0.29) is 0 Å². The van der Waals surface area contributed by atoms with Crippen molar-refractivity contribution < 1.29 is 38.4 Å². The lowest BCUT2D eigenvalue weighted by molar-refractivity contribution is -2.00. The fourth-order valence-electron chi connectivity index (χ4n) is 3.73. The van der Waals surface area contributed by atoms with Crippen molar-refractivity contribution in [3.05, 3.63) is 132 Å². The summed E-state index contributed by atoms with van der Waals surface area (Å²) in [7, 11) is -7.45. The highest BCUT2D eigenvalue weighted by atomic mass is 35.7. The first kappa shape index (κ1) is 28.3. The zero-order chi connectivity index (χ0) is 26.7. The Balaban J connectivity index is 0.000000695. The number of amides is 1.